The van der Waals surface area contributed by atoms with E-state index in [2.05, 4.69) is 74.6 Å². The van der Waals surface area contributed by atoms with Crippen molar-refractivity contribution in [2.24, 2.45) is 4.99 Å². The van der Waals surface area contributed by atoms with E-state index in [1.807, 2.05) is 7.05 Å². The zero-order valence-electron chi connectivity index (χ0n) is 19.4. The van der Waals surface area contributed by atoms with Crippen molar-refractivity contribution in [2.75, 3.05) is 52.9 Å². The molecule has 0 unspecified atom stereocenters. The Morgan fingerprint density at radius 3 is 2.39 bits per heavy atom. The van der Waals surface area contributed by atoms with E-state index in [1.54, 1.807) is 11.3 Å². The molecule has 170 valence electrons. The number of benzene rings is 1. The van der Waals surface area contributed by atoms with Crippen molar-refractivity contribution in [1.82, 2.24) is 25.4 Å². The van der Waals surface area contributed by atoms with Crippen LogP contribution in [0.15, 0.2) is 35.3 Å². The van der Waals surface area contributed by atoms with Gasteiger partial charge in [-0.2, -0.15) is 0 Å². The van der Waals surface area contributed by atoms with E-state index in [1.165, 1.54) is 54.6 Å². The van der Waals surface area contributed by atoms with Crippen molar-refractivity contribution in [3.05, 3.63) is 51.5 Å². The van der Waals surface area contributed by atoms with Gasteiger partial charge in [-0.05, 0) is 38.8 Å². The highest BCUT2D eigenvalue weighted by Crippen LogP contribution is 2.16. The third-order valence-electron chi connectivity index (χ3n) is 5.84. The van der Waals surface area contributed by atoms with Gasteiger partial charge in [0.2, 0.25) is 0 Å². The van der Waals surface area contributed by atoms with E-state index in [9.17, 15) is 0 Å². The molecule has 31 heavy (non-hydrogen) atoms. The number of hydrogen-bond acceptors (Lipinski definition) is 5. The van der Waals surface area contributed by atoms with Gasteiger partial charge in [0.25, 0.3) is 0 Å². The fourth-order valence-electron chi connectivity index (χ4n) is 3.83. The van der Waals surface area contributed by atoms with Crippen LogP contribution in [0, 0.1) is 13.8 Å². The second-order valence-electron chi connectivity index (χ2n) is 8.24. The lowest BCUT2D eigenvalue weighted by molar-refractivity contribution is 0.126. The largest absolute Gasteiger partial charge is 0.356 e. The van der Waals surface area contributed by atoms with E-state index in [4.69, 9.17) is 0 Å². The minimum Gasteiger partial charge on any atom is -0.356 e. The summed E-state index contributed by atoms with van der Waals surface area (Å²) in [7, 11) is 1.84. The van der Waals surface area contributed by atoms with Crippen molar-refractivity contribution in [1.29, 1.82) is 0 Å². The fraction of sp³-hybridized carbons (Fsp3) is 0.583. The molecule has 1 aliphatic heterocycles. The Morgan fingerprint density at radius 2 is 1.71 bits per heavy atom. The Hall–Kier alpha value is -1.96. The average Bonchev–Trinajstić information content (AvgIpc) is 3.11. The highest BCUT2D eigenvalue weighted by Gasteiger charge is 2.16. The second kappa shape index (κ2) is 12.8. The molecule has 7 heteroatoms. The first-order valence-corrected chi connectivity index (χ1v) is 12.3. The highest BCUT2D eigenvalue weighted by atomic mass is 32.1. The maximum absolute atomic E-state index is 4.60. The smallest absolute Gasteiger partial charge is 0.190 e. The number of guanidine groups is 1. The molecule has 1 aromatic heterocycles. The van der Waals surface area contributed by atoms with Crippen molar-refractivity contribution >= 4 is 17.3 Å². The van der Waals surface area contributed by atoms with Crippen LogP contribution in [-0.4, -0.2) is 73.6 Å². The molecule has 1 aliphatic rings. The van der Waals surface area contributed by atoms with Crippen LogP contribution in [0.25, 0.3) is 0 Å². The molecule has 1 fully saturated rings. The zero-order valence-corrected chi connectivity index (χ0v) is 20.2. The molecule has 2 heterocycles. The summed E-state index contributed by atoms with van der Waals surface area (Å²) in [6.07, 6.45) is 3.33. The van der Waals surface area contributed by atoms with E-state index in [0.717, 1.165) is 44.1 Å². The standard InChI is InChI=1S/C24H38N6S/c1-20-21(2)31-23(28-20)11-13-27-24(25-3)26-12-7-8-14-29-15-17-30(18-16-29)19-22-9-5-4-6-10-22/h4-6,9-10H,7-8,11-19H2,1-3H3,(H2,25,26,27). The quantitative estimate of drug-likeness (QED) is 0.336. The summed E-state index contributed by atoms with van der Waals surface area (Å²) in [5.74, 6) is 0.888. The average molecular weight is 443 g/mol. The molecular weight excluding hydrogens is 404 g/mol. The number of nitrogens with zero attached hydrogens (tertiary/aromatic N) is 4. The van der Waals surface area contributed by atoms with Crippen LogP contribution < -0.4 is 10.6 Å². The van der Waals surface area contributed by atoms with Crippen molar-refractivity contribution in [3.63, 3.8) is 0 Å². The van der Waals surface area contributed by atoms with Gasteiger partial charge in [0.1, 0.15) is 0 Å². The number of thiazole rings is 1. The normalized spacial score (nSPS) is 15.9. The van der Waals surface area contributed by atoms with Crippen LogP contribution in [0.5, 0.6) is 0 Å². The van der Waals surface area contributed by atoms with E-state index >= 15 is 0 Å². The maximum atomic E-state index is 4.60. The summed E-state index contributed by atoms with van der Waals surface area (Å²) < 4.78 is 0. The number of rotatable bonds is 10. The van der Waals surface area contributed by atoms with Crippen LogP contribution in [0.1, 0.15) is 34.0 Å². The predicted molar refractivity (Wildman–Crippen MR) is 132 cm³/mol. The van der Waals surface area contributed by atoms with E-state index in [0.29, 0.717) is 0 Å². The van der Waals surface area contributed by atoms with Gasteiger partial charge in [0.05, 0.1) is 10.7 Å². The molecular formula is C24H38N6S. The monoisotopic (exact) mass is 442 g/mol. The highest BCUT2D eigenvalue weighted by molar-refractivity contribution is 7.11. The Labute approximate surface area is 191 Å². The molecule has 3 rings (SSSR count). The Bertz CT molecular complexity index is 776. The second-order valence-corrected chi connectivity index (χ2v) is 9.52. The van der Waals surface area contributed by atoms with Crippen molar-refractivity contribution < 1.29 is 0 Å². The minimum absolute atomic E-state index is 0.860. The van der Waals surface area contributed by atoms with Crippen LogP contribution >= 0.6 is 11.3 Å². The molecule has 0 saturated carbocycles. The Balaban J connectivity index is 1.22. The van der Waals surface area contributed by atoms with Crippen LogP contribution in [0.3, 0.4) is 0 Å². The van der Waals surface area contributed by atoms with Crippen LogP contribution in [-0.2, 0) is 13.0 Å². The molecule has 0 aliphatic carbocycles. The summed E-state index contributed by atoms with van der Waals surface area (Å²) in [5.41, 5.74) is 2.57. The Kier molecular flexibility index (Phi) is 9.78. The number of hydrogen-bond donors (Lipinski definition) is 2. The number of aliphatic imine (C=N–C) groups is 1. The first-order chi connectivity index (χ1) is 15.1. The van der Waals surface area contributed by atoms with Crippen LogP contribution in [0.4, 0.5) is 0 Å². The molecule has 2 aromatic rings. The molecule has 0 radical (unpaired) electrons. The van der Waals surface area contributed by atoms with Gasteiger partial charge in [0.15, 0.2) is 5.96 Å². The van der Waals surface area contributed by atoms with Gasteiger partial charge in [-0.15, -0.1) is 11.3 Å². The molecule has 2 N–H and O–H groups in total. The van der Waals surface area contributed by atoms with Gasteiger partial charge < -0.3 is 15.5 Å². The molecule has 0 spiro atoms. The lowest BCUT2D eigenvalue weighted by Gasteiger charge is -2.34. The predicted octanol–water partition coefficient (Wildman–Crippen LogP) is 3.07. The lowest BCUT2D eigenvalue weighted by Crippen LogP contribution is -2.46. The summed E-state index contributed by atoms with van der Waals surface area (Å²) in [6.45, 7) is 13.0. The number of aryl methyl sites for hydroxylation is 2. The number of aromatic nitrogens is 1. The SMILES string of the molecule is CN=C(NCCCCN1CCN(Cc2ccccc2)CC1)NCCc1nc(C)c(C)s1. The minimum atomic E-state index is 0.860. The summed E-state index contributed by atoms with van der Waals surface area (Å²) >= 11 is 1.79. The number of piperazine rings is 1. The van der Waals surface area contributed by atoms with Crippen molar-refractivity contribution in [2.45, 2.75) is 39.7 Å². The molecule has 0 bridgehead atoms. The first-order valence-electron chi connectivity index (χ1n) is 11.5. The van der Waals surface area contributed by atoms with Gasteiger partial charge in [-0.3, -0.25) is 9.89 Å². The number of unbranched alkanes of at least 4 members (excludes halogenated alkanes) is 1. The van der Waals surface area contributed by atoms with Gasteiger partial charge in [0, 0.05) is 64.2 Å². The topological polar surface area (TPSA) is 55.8 Å². The summed E-state index contributed by atoms with van der Waals surface area (Å²) in [4.78, 5) is 15.4. The van der Waals surface area contributed by atoms with Gasteiger partial charge in [-0.1, -0.05) is 30.3 Å². The molecule has 1 aromatic carbocycles. The van der Waals surface area contributed by atoms with Crippen LogP contribution in [0.2, 0.25) is 0 Å². The number of nitrogens with one attached hydrogen (secondary N) is 2. The Morgan fingerprint density at radius 1 is 1.00 bits per heavy atom. The molecule has 0 amide bonds. The third-order valence-corrected chi connectivity index (χ3v) is 6.97. The van der Waals surface area contributed by atoms with Gasteiger partial charge >= 0.3 is 0 Å². The van der Waals surface area contributed by atoms with E-state index in [-0.39, 0.29) is 0 Å². The van der Waals surface area contributed by atoms with E-state index < -0.39 is 0 Å². The molecule has 0 atom stereocenters. The zero-order chi connectivity index (χ0) is 21.9. The first kappa shape index (κ1) is 23.7. The lowest BCUT2D eigenvalue weighted by atomic mass is 10.2. The summed E-state index contributed by atoms with van der Waals surface area (Å²) in [6, 6.07) is 10.8. The van der Waals surface area contributed by atoms with Gasteiger partial charge in [-0.25, -0.2) is 4.98 Å². The summed E-state index contributed by atoms with van der Waals surface area (Å²) in [5, 5.41) is 8.04. The third kappa shape index (κ3) is 8.24. The molecule has 6 nitrogen and oxygen atoms in total. The van der Waals surface area contributed by atoms with Crippen molar-refractivity contribution in [3.8, 4) is 0 Å². The fourth-order valence-corrected chi connectivity index (χ4v) is 4.77. The maximum Gasteiger partial charge on any atom is 0.190 e. The molecule has 1 saturated heterocycles.